The first-order valence-electron chi connectivity index (χ1n) is 13.6. The summed E-state index contributed by atoms with van der Waals surface area (Å²) in [5.41, 5.74) is 5.33. The molecule has 6 heteroatoms. The van der Waals surface area contributed by atoms with Crippen molar-refractivity contribution in [2.24, 2.45) is 45.4 Å². The third-order valence-corrected chi connectivity index (χ3v) is 10.5. The highest BCUT2D eigenvalue weighted by Crippen LogP contribution is 2.68. The zero-order valence-corrected chi connectivity index (χ0v) is 21.6. The van der Waals surface area contributed by atoms with Crippen LogP contribution in [0.5, 0.6) is 0 Å². The molecule has 6 nitrogen and oxygen atoms in total. The summed E-state index contributed by atoms with van der Waals surface area (Å²) in [6.07, 6.45) is 13.6. The molecule has 0 amide bonds. The smallest absolute Gasteiger partial charge is 0.129 e. The van der Waals surface area contributed by atoms with Crippen LogP contribution in [0.3, 0.4) is 0 Å². The van der Waals surface area contributed by atoms with Gasteiger partial charge in [-0.1, -0.05) is 19.0 Å². The Morgan fingerprint density at radius 3 is 2.61 bits per heavy atom. The molecule has 8 atom stereocenters. The number of aliphatic hydroxyl groups is 1. The number of ether oxygens (including phenoxy) is 1. The van der Waals surface area contributed by atoms with Gasteiger partial charge in [0.15, 0.2) is 0 Å². The fourth-order valence-electron chi connectivity index (χ4n) is 8.34. The van der Waals surface area contributed by atoms with E-state index >= 15 is 0 Å². The molecular weight excluding hydrogens is 414 g/mol. The molecule has 4 aliphatic carbocycles. The van der Waals surface area contributed by atoms with Gasteiger partial charge in [0.1, 0.15) is 6.61 Å². The second-order valence-corrected chi connectivity index (χ2v) is 12.3. The molecule has 0 saturated heterocycles. The first-order valence-corrected chi connectivity index (χ1v) is 13.6. The van der Waals surface area contributed by atoms with Crippen LogP contribution in [0.15, 0.2) is 5.16 Å². The van der Waals surface area contributed by atoms with E-state index in [0.717, 1.165) is 57.6 Å². The van der Waals surface area contributed by atoms with Crippen molar-refractivity contribution in [1.29, 1.82) is 0 Å². The Hall–Kier alpha value is -0.690. The predicted octanol–water partition coefficient (Wildman–Crippen LogP) is 4.06. The number of fused-ring (bicyclic) bond motifs is 5. The molecule has 0 aromatic carbocycles. The lowest BCUT2D eigenvalue weighted by Crippen LogP contribution is -2.62. The minimum atomic E-state index is -0.571. The van der Waals surface area contributed by atoms with E-state index in [-0.39, 0.29) is 5.41 Å². The van der Waals surface area contributed by atoms with Gasteiger partial charge in [-0.3, -0.25) is 0 Å². The standard InChI is InChI=1S/C27H49N3O3/c1-25-11-9-22(32-16-5-14-28)18-20(25)6-7-24-23(25)10-12-26(2)21(8-13-27(24,26)31)19-29-33-17-15-30(3)4/h19-24,31H,5-18,28H2,1-4H3/t20?,21?,22?,23-,24-,25+,26-,27-/m1/s1. The molecule has 190 valence electrons. The summed E-state index contributed by atoms with van der Waals surface area (Å²) in [6.45, 7) is 7.87. The molecule has 0 aliphatic heterocycles. The van der Waals surface area contributed by atoms with Crippen LogP contribution in [0, 0.1) is 34.5 Å². The Morgan fingerprint density at radius 1 is 1.03 bits per heavy atom. The molecule has 4 saturated carbocycles. The van der Waals surface area contributed by atoms with Gasteiger partial charge in [-0.15, -0.1) is 0 Å². The molecule has 3 N–H and O–H groups in total. The zero-order chi connectivity index (χ0) is 23.7. The molecule has 4 aliphatic rings. The molecule has 0 bridgehead atoms. The van der Waals surface area contributed by atoms with Crippen molar-refractivity contribution in [3.05, 3.63) is 0 Å². The molecular formula is C27H49N3O3. The van der Waals surface area contributed by atoms with E-state index in [0.29, 0.717) is 42.4 Å². The average molecular weight is 464 g/mol. The summed E-state index contributed by atoms with van der Waals surface area (Å²) in [5.74, 6) is 2.08. The van der Waals surface area contributed by atoms with E-state index < -0.39 is 5.60 Å². The monoisotopic (exact) mass is 463 g/mol. The van der Waals surface area contributed by atoms with Crippen molar-refractivity contribution in [3.63, 3.8) is 0 Å². The van der Waals surface area contributed by atoms with Crippen LogP contribution >= 0.6 is 0 Å². The van der Waals surface area contributed by atoms with E-state index in [2.05, 4.69) is 23.9 Å². The maximum atomic E-state index is 12.3. The number of nitrogens with zero attached hydrogens (tertiary/aromatic N) is 2. The summed E-state index contributed by atoms with van der Waals surface area (Å²) < 4.78 is 6.18. The van der Waals surface area contributed by atoms with Crippen LogP contribution in [0.1, 0.15) is 78.1 Å². The SMILES string of the molecule is CN(C)CCON=CC1CC[C@@]2(O)[C@@H]3CCC4CC(OCCCN)CC[C@]4(C)[C@@H]3CC[C@]12C. The minimum Gasteiger partial charge on any atom is -0.395 e. The number of nitrogens with two attached hydrogens (primary N) is 1. The summed E-state index contributed by atoms with van der Waals surface area (Å²) in [4.78, 5) is 7.63. The molecule has 0 spiro atoms. The average Bonchev–Trinajstić information content (AvgIpc) is 3.04. The number of rotatable bonds is 9. The number of hydrogen-bond donors (Lipinski definition) is 2. The van der Waals surface area contributed by atoms with Crippen LogP contribution < -0.4 is 5.73 Å². The lowest BCUT2D eigenvalue weighted by atomic mass is 9.43. The number of oxime groups is 1. The van der Waals surface area contributed by atoms with Crippen LogP contribution in [0.4, 0.5) is 0 Å². The van der Waals surface area contributed by atoms with E-state index in [1.807, 2.05) is 20.3 Å². The van der Waals surface area contributed by atoms with Crippen molar-refractivity contribution in [3.8, 4) is 0 Å². The second kappa shape index (κ2) is 10.1. The van der Waals surface area contributed by atoms with Gasteiger partial charge < -0.3 is 25.3 Å². The largest absolute Gasteiger partial charge is 0.395 e. The van der Waals surface area contributed by atoms with E-state index in [1.165, 1.54) is 25.7 Å². The maximum absolute atomic E-state index is 12.3. The van der Waals surface area contributed by atoms with Gasteiger partial charge in [0.05, 0.1) is 11.7 Å². The molecule has 4 rings (SSSR count). The first-order chi connectivity index (χ1) is 15.7. The predicted molar refractivity (Wildman–Crippen MR) is 133 cm³/mol. The fraction of sp³-hybridized carbons (Fsp3) is 0.963. The van der Waals surface area contributed by atoms with Crippen molar-refractivity contribution in [2.45, 2.75) is 89.8 Å². The molecule has 0 aromatic heterocycles. The highest BCUT2D eigenvalue weighted by atomic mass is 16.6. The Kier molecular flexibility index (Phi) is 7.79. The van der Waals surface area contributed by atoms with Gasteiger partial charge in [-0.05, 0) is 108 Å². The lowest BCUT2D eigenvalue weighted by molar-refractivity contribution is -0.207. The van der Waals surface area contributed by atoms with Crippen molar-refractivity contribution in [1.82, 2.24) is 4.90 Å². The zero-order valence-electron chi connectivity index (χ0n) is 21.6. The quantitative estimate of drug-likeness (QED) is 0.306. The van der Waals surface area contributed by atoms with Crippen LogP contribution in [0.2, 0.25) is 0 Å². The molecule has 4 fully saturated rings. The van der Waals surface area contributed by atoms with Crippen LogP contribution in [-0.4, -0.2) is 68.3 Å². The Morgan fingerprint density at radius 2 is 1.85 bits per heavy atom. The minimum absolute atomic E-state index is 0.0890. The van der Waals surface area contributed by atoms with Crippen molar-refractivity contribution >= 4 is 6.21 Å². The molecule has 33 heavy (non-hydrogen) atoms. The lowest BCUT2D eigenvalue weighted by Gasteiger charge is -2.63. The van der Waals surface area contributed by atoms with Crippen LogP contribution in [-0.2, 0) is 9.57 Å². The Balaban J connectivity index is 1.42. The Labute approximate surface area is 201 Å². The van der Waals surface area contributed by atoms with E-state index in [4.69, 9.17) is 15.3 Å². The van der Waals surface area contributed by atoms with E-state index in [1.54, 1.807) is 0 Å². The molecule has 3 unspecified atom stereocenters. The Bertz CT molecular complexity index is 688. The van der Waals surface area contributed by atoms with Gasteiger partial charge in [-0.2, -0.15) is 0 Å². The van der Waals surface area contributed by atoms with Crippen molar-refractivity contribution < 1.29 is 14.7 Å². The fourth-order valence-corrected chi connectivity index (χ4v) is 8.34. The van der Waals surface area contributed by atoms with Gasteiger partial charge in [0, 0.05) is 30.7 Å². The molecule has 0 heterocycles. The highest BCUT2D eigenvalue weighted by molar-refractivity contribution is 5.63. The van der Waals surface area contributed by atoms with Gasteiger partial charge in [0.2, 0.25) is 0 Å². The maximum Gasteiger partial charge on any atom is 0.129 e. The summed E-state index contributed by atoms with van der Waals surface area (Å²) in [5, 5.41) is 16.6. The third-order valence-electron chi connectivity index (χ3n) is 10.5. The van der Waals surface area contributed by atoms with Gasteiger partial charge >= 0.3 is 0 Å². The normalized spacial score (nSPS) is 45.1. The molecule has 0 aromatic rings. The van der Waals surface area contributed by atoms with Gasteiger partial charge in [0.25, 0.3) is 0 Å². The summed E-state index contributed by atoms with van der Waals surface area (Å²) in [6, 6.07) is 0. The summed E-state index contributed by atoms with van der Waals surface area (Å²) >= 11 is 0. The van der Waals surface area contributed by atoms with Crippen LogP contribution in [0.25, 0.3) is 0 Å². The topological polar surface area (TPSA) is 80.3 Å². The highest BCUT2D eigenvalue weighted by Gasteiger charge is 2.67. The van der Waals surface area contributed by atoms with Gasteiger partial charge in [-0.25, -0.2) is 0 Å². The van der Waals surface area contributed by atoms with E-state index in [9.17, 15) is 5.11 Å². The van der Waals surface area contributed by atoms with Crippen molar-refractivity contribution in [2.75, 3.05) is 40.4 Å². The summed E-state index contributed by atoms with van der Waals surface area (Å²) in [7, 11) is 4.08. The second-order valence-electron chi connectivity index (χ2n) is 12.3. The molecule has 0 radical (unpaired) electrons. The first kappa shape index (κ1) is 25.4. The number of hydrogen-bond acceptors (Lipinski definition) is 6. The number of likely N-dealkylation sites (N-methyl/N-ethyl adjacent to an activating group) is 1. The third kappa shape index (κ3) is 4.62.